The van der Waals surface area contributed by atoms with Crippen molar-refractivity contribution >= 4 is 16.6 Å². The predicted molar refractivity (Wildman–Crippen MR) is 122 cm³/mol. The molecule has 9 nitrogen and oxygen atoms in total. The normalized spacial score (nSPS) is 14.5. The van der Waals surface area contributed by atoms with Crippen LogP contribution in [0.1, 0.15) is 22.7 Å². The lowest BCUT2D eigenvalue weighted by Crippen LogP contribution is -2.23. The summed E-state index contributed by atoms with van der Waals surface area (Å²) in [5.41, 5.74) is 2.82. The molecule has 0 bridgehead atoms. The second-order valence-electron chi connectivity index (χ2n) is 7.83. The highest BCUT2D eigenvalue weighted by atomic mass is 16.5. The van der Waals surface area contributed by atoms with Crippen LogP contribution in [0.2, 0.25) is 0 Å². The quantitative estimate of drug-likeness (QED) is 0.367. The van der Waals surface area contributed by atoms with Crippen molar-refractivity contribution in [3.63, 3.8) is 0 Å². The predicted octanol–water partition coefficient (Wildman–Crippen LogP) is 3.97. The number of nitrogens with zero attached hydrogens (tertiary/aromatic N) is 6. The first-order chi connectivity index (χ1) is 16.8. The van der Waals surface area contributed by atoms with E-state index in [0.717, 1.165) is 5.56 Å². The van der Waals surface area contributed by atoms with Crippen molar-refractivity contribution < 1.29 is 9.15 Å². The number of rotatable bonds is 2. The molecule has 5 aromatic heterocycles. The van der Waals surface area contributed by atoms with Crippen LogP contribution in [-0.2, 0) is 0 Å². The number of hydrogen-bond acceptors (Lipinski definition) is 8. The SMILES string of the molecule is O=c1oc2ccccc2c2c1C(c1ccccn1)c1c(ncn3nc(-c4cccnc4)nc13)O2. The minimum atomic E-state index is -0.608. The minimum absolute atomic E-state index is 0.344. The van der Waals surface area contributed by atoms with Gasteiger partial charge >= 0.3 is 5.63 Å². The molecule has 0 radical (unpaired) electrons. The molecule has 162 valence electrons. The van der Waals surface area contributed by atoms with Crippen molar-refractivity contribution in [2.75, 3.05) is 0 Å². The largest absolute Gasteiger partial charge is 0.437 e. The van der Waals surface area contributed by atoms with Gasteiger partial charge in [0.2, 0.25) is 5.88 Å². The molecule has 6 heterocycles. The Balaban J connectivity index is 1.56. The summed E-state index contributed by atoms with van der Waals surface area (Å²) >= 11 is 0. The van der Waals surface area contributed by atoms with Gasteiger partial charge in [-0.25, -0.2) is 19.3 Å². The third kappa shape index (κ3) is 2.67. The van der Waals surface area contributed by atoms with Gasteiger partial charge < -0.3 is 9.15 Å². The maximum Gasteiger partial charge on any atom is 0.344 e. The fourth-order valence-electron chi connectivity index (χ4n) is 4.39. The maximum atomic E-state index is 13.3. The summed E-state index contributed by atoms with van der Waals surface area (Å²) in [6.45, 7) is 0. The number of ether oxygens (including phenoxy) is 1. The molecular formula is C25H14N6O3. The van der Waals surface area contributed by atoms with Crippen LogP contribution in [0.5, 0.6) is 11.6 Å². The number of pyridine rings is 2. The molecule has 34 heavy (non-hydrogen) atoms. The lowest BCUT2D eigenvalue weighted by Gasteiger charge is -2.26. The van der Waals surface area contributed by atoms with Gasteiger partial charge in [0.05, 0.1) is 28.1 Å². The highest BCUT2D eigenvalue weighted by Crippen LogP contribution is 2.48. The van der Waals surface area contributed by atoms with Crippen molar-refractivity contribution in [3.8, 4) is 23.0 Å². The summed E-state index contributed by atoms with van der Waals surface area (Å²) in [6.07, 6.45) is 6.62. The van der Waals surface area contributed by atoms with E-state index in [0.29, 0.717) is 50.9 Å². The van der Waals surface area contributed by atoms with Crippen LogP contribution in [0.3, 0.4) is 0 Å². The fraction of sp³-hybridized carbons (Fsp3) is 0.0400. The van der Waals surface area contributed by atoms with Gasteiger partial charge in [0.25, 0.3) is 0 Å². The first-order valence-electron chi connectivity index (χ1n) is 10.6. The minimum Gasteiger partial charge on any atom is -0.437 e. The molecule has 1 aliphatic heterocycles. The van der Waals surface area contributed by atoms with Crippen molar-refractivity contribution in [2.45, 2.75) is 5.92 Å². The topological polar surface area (TPSA) is 108 Å². The van der Waals surface area contributed by atoms with E-state index >= 15 is 0 Å². The van der Waals surface area contributed by atoms with Gasteiger partial charge in [0.15, 0.2) is 17.2 Å². The molecule has 0 saturated heterocycles. The molecule has 0 aliphatic carbocycles. The summed E-state index contributed by atoms with van der Waals surface area (Å²) in [6, 6.07) is 16.5. The summed E-state index contributed by atoms with van der Waals surface area (Å²) in [7, 11) is 0. The standard InChI is InChI=1S/C25H14N6O3/c32-25-19-18(16-8-3-4-11-27-16)20-23-29-22(14-6-5-10-26-12-14)30-31(23)13-28-24(20)34-21(19)15-7-1-2-9-17(15)33-25/h1-13,18H. The van der Waals surface area contributed by atoms with Crippen LogP contribution < -0.4 is 10.4 Å². The summed E-state index contributed by atoms with van der Waals surface area (Å²) in [5, 5.41) is 5.26. The molecule has 0 amide bonds. The Morgan fingerprint density at radius 2 is 1.82 bits per heavy atom. The van der Waals surface area contributed by atoms with Gasteiger partial charge in [-0.3, -0.25) is 9.97 Å². The third-order valence-electron chi connectivity index (χ3n) is 5.87. The molecule has 7 rings (SSSR count). The van der Waals surface area contributed by atoms with Gasteiger partial charge in [-0.05, 0) is 36.4 Å². The zero-order valence-corrected chi connectivity index (χ0v) is 17.5. The monoisotopic (exact) mass is 446 g/mol. The summed E-state index contributed by atoms with van der Waals surface area (Å²) < 4.78 is 13.5. The van der Waals surface area contributed by atoms with E-state index in [9.17, 15) is 4.79 Å². The molecule has 0 spiro atoms. The van der Waals surface area contributed by atoms with Crippen molar-refractivity contribution in [1.82, 2.24) is 29.5 Å². The van der Waals surface area contributed by atoms with Gasteiger partial charge in [-0.1, -0.05) is 18.2 Å². The highest BCUT2D eigenvalue weighted by Gasteiger charge is 2.38. The van der Waals surface area contributed by atoms with E-state index in [1.807, 2.05) is 48.5 Å². The molecule has 6 aromatic rings. The highest BCUT2D eigenvalue weighted by molar-refractivity contribution is 5.86. The Morgan fingerprint density at radius 3 is 2.68 bits per heavy atom. The zero-order chi connectivity index (χ0) is 22.6. The van der Waals surface area contributed by atoms with E-state index in [1.54, 1.807) is 35.5 Å². The Hall–Kier alpha value is -4.92. The van der Waals surface area contributed by atoms with E-state index in [2.05, 4.69) is 20.1 Å². The molecule has 0 N–H and O–H groups in total. The molecule has 0 fully saturated rings. The molecule has 1 atom stereocenters. The zero-order valence-electron chi connectivity index (χ0n) is 17.5. The summed E-state index contributed by atoms with van der Waals surface area (Å²) in [4.78, 5) is 31.3. The van der Waals surface area contributed by atoms with E-state index in [4.69, 9.17) is 14.1 Å². The number of para-hydroxylation sites is 1. The first-order valence-corrected chi connectivity index (χ1v) is 10.6. The molecule has 1 aliphatic rings. The van der Waals surface area contributed by atoms with Crippen molar-refractivity contribution in [1.29, 1.82) is 0 Å². The van der Waals surface area contributed by atoms with Crippen LogP contribution >= 0.6 is 0 Å². The van der Waals surface area contributed by atoms with Crippen molar-refractivity contribution in [3.05, 3.63) is 107 Å². The molecule has 9 heteroatoms. The Kier molecular flexibility index (Phi) is 3.86. The van der Waals surface area contributed by atoms with E-state index in [-0.39, 0.29) is 0 Å². The van der Waals surface area contributed by atoms with Crippen LogP contribution in [0.15, 0.2) is 88.7 Å². The van der Waals surface area contributed by atoms with Gasteiger partial charge in [0.1, 0.15) is 11.9 Å². The second-order valence-corrected chi connectivity index (χ2v) is 7.83. The molecule has 1 aromatic carbocycles. The average molecular weight is 446 g/mol. The average Bonchev–Trinajstić information content (AvgIpc) is 3.33. The molecule has 1 unspecified atom stereocenters. The van der Waals surface area contributed by atoms with Crippen LogP contribution in [-0.4, -0.2) is 29.5 Å². The van der Waals surface area contributed by atoms with E-state index < -0.39 is 11.5 Å². The number of fused-ring (bicyclic) bond motifs is 6. The number of hydrogen-bond donors (Lipinski definition) is 0. The fourth-order valence-corrected chi connectivity index (χ4v) is 4.39. The van der Waals surface area contributed by atoms with E-state index in [1.165, 1.54) is 0 Å². The van der Waals surface area contributed by atoms with Gasteiger partial charge in [-0.15, -0.1) is 5.10 Å². The number of benzene rings is 1. The first kappa shape index (κ1) is 18.6. The van der Waals surface area contributed by atoms with Crippen LogP contribution in [0.25, 0.3) is 28.0 Å². The second kappa shape index (κ2) is 7.04. The molecular weight excluding hydrogens is 432 g/mol. The van der Waals surface area contributed by atoms with Crippen LogP contribution in [0.4, 0.5) is 0 Å². The lowest BCUT2D eigenvalue weighted by molar-refractivity contribution is 0.421. The van der Waals surface area contributed by atoms with Gasteiger partial charge in [0, 0.05) is 24.2 Å². The Morgan fingerprint density at radius 1 is 0.912 bits per heavy atom. The third-order valence-corrected chi connectivity index (χ3v) is 5.87. The van der Waals surface area contributed by atoms with Crippen molar-refractivity contribution in [2.24, 2.45) is 0 Å². The van der Waals surface area contributed by atoms with Gasteiger partial charge in [-0.2, -0.15) is 0 Å². The summed E-state index contributed by atoms with van der Waals surface area (Å²) in [5.74, 6) is 0.637. The Bertz CT molecular complexity index is 1760. The smallest absolute Gasteiger partial charge is 0.344 e. The lowest BCUT2D eigenvalue weighted by atomic mass is 9.87. The Labute approximate surface area is 191 Å². The molecule has 0 saturated carbocycles. The maximum absolute atomic E-state index is 13.3. The van der Waals surface area contributed by atoms with Crippen LogP contribution in [0, 0.1) is 0 Å². The number of aromatic nitrogens is 6.